The predicted molar refractivity (Wildman–Crippen MR) is 70.0 cm³/mol. The zero-order chi connectivity index (χ0) is 14.2. The van der Waals surface area contributed by atoms with Crippen LogP contribution in [0.2, 0.25) is 5.28 Å². The van der Waals surface area contributed by atoms with E-state index in [1.165, 1.54) is 29.1 Å². The lowest BCUT2D eigenvalue weighted by Gasteiger charge is -2.03. The van der Waals surface area contributed by atoms with Crippen molar-refractivity contribution in [2.75, 3.05) is 0 Å². The second-order valence-electron chi connectivity index (χ2n) is 4.27. The van der Waals surface area contributed by atoms with E-state index in [1.54, 1.807) is 4.68 Å². The second kappa shape index (κ2) is 5.00. The highest BCUT2D eigenvalue weighted by atomic mass is 35.5. The highest BCUT2D eigenvalue weighted by Gasteiger charge is 2.28. The third-order valence-electron chi connectivity index (χ3n) is 2.74. The summed E-state index contributed by atoms with van der Waals surface area (Å²) in [5.41, 5.74) is 0. The number of rotatable bonds is 4. The van der Waals surface area contributed by atoms with Gasteiger partial charge in [0.25, 0.3) is 5.95 Å². The van der Waals surface area contributed by atoms with Crippen LogP contribution in [-0.2, 0) is 0 Å². The second-order valence-corrected chi connectivity index (χ2v) is 5.54. The van der Waals surface area contributed by atoms with Crippen LogP contribution in [0.15, 0.2) is 23.0 Å². The zero-order valence-electron chi connectivity index (χ0n) is 10.4. The van der Waals surface area contributed by atoms with Crippen LogP contribution < -0.4 is 0 Å². The number of tetrazole rings is 1. The van der Waals surface area contributed by atoms with E-state index in [9.17, 15) is 0 Å². The summed E-state index contributed by atoms with van der Waals surface area (Å²) in [5, 5.41) is 16.7. The first-order valence-corrected chi connectivity index (χ1v) is 7.21. The van der Waals surface area contributed by atoms with Gasteiger partial charge in [0.05, 0.1) is 6.04 Å². The molecule has 3 heterocycles. The first-order chi connectivity index (χ1) is 10.3. The first kappa shape index (κ1) is 12.6. The summed E-state index contributed by atoms with van der Waals surface area (Å²) in [6.45, 7) is 0. The summed E-state index contributed by atoms with van der Waals surface area (Å²) in [5.74, 6) is 0.292. The Labute approximate surface area is 127 Å². The van der Waals surface area contributed by atoms with Gasteiger partial charge in [-0.1, -0.05) is 0 Å². The van der Waals surface area contributed by atoms with E-state index in [1.807, 2.05) is 0 Å². The quantitative estimate of drug-likeness (QED) is 0.680. The van der Waals surface area contributed by atoms with Crippen molar-refractivity contribution in [1.82, 2.24) is 49.9 Å². The molecular weight excluding hydrogens is 316 g/mol. The molecule has 0 N–H and O–H groups in total. The molecule has 21 heavy (non-hydrogen) atoms. The minimum atomic E-state index is 0.0726. The van der Waals surface area contributed by atoms with Gasteiger partial charge in [0.2, 0.25) is 15.6 Å². The van der Waals surface area contributed by atoms with Gasteiger partial charge >= 0.3 is 0 Å². The Hall–Kier alpha value is -2.14. The highest BCUT2D eigenvalue weighted by Crippen LogP contribution is 2.37. The van der Waals surface area contributed by atoms with E-state index in [0.29, 0.717) is 22.3 Å². The van der Waals surface area contributed by atoms with Crippen molar-refractivity contribution in [3.8, 4) is 5.95 Å². The molecule has 0 bridgehead atoms. The van der Waals surface area contributed by atoms with Crippen molar-refractivity contribution in [1.29, 1.82) is 0 Å². The van der Waals surface area contributed by atoms with Gasteiger partial charge in [-0.2, -0.15) is 24.7 Å². The molecule has 4 rings (SSSR count). The fraction of sp³-hybridized carbons (Fsp3) is 0.333. The molecule has 106 valence electrons. The maximum Gasteiger partial charge on any atom is 0.257 e. The van der Waals surface area contributed by atoms with Gasteiger partial charge in [0, 0.05) is 0 Å². The molecule has 0 radical (unpaired) electrons. The lowest BCUT2D eigenvalue weighted by Crippen LogP contribution is -2.05. The van der Waals surface area contributed by atoms with Crippen LogP contribution in [0.4, 0.5) is 0 Å². The van der Waals surface area contributed by atoms with Crippen LogP contribution in [0.25, 0.3) is 5.95 Å². The number of aromatic nitrogens is 10. The Morgan fingerprint density at radius 3 is 2.90 bits per heavy atom. The summed E-state index contributed by atoms with van der Waals surface area (Å²) in [6.07, 6.45) is 5.04. The summed E-state index contributed by atoms with van der Waals surface area (Å²) in [7, 11) is 0. The van der Waals surface area contributed by atoms with Crippen LogP contribution in [0, 0.1) is 0 Å². The van der Waals surface area contributed by atoms with E-state index in [0.717, 1.165) is 12.8 Å². The van der Waals surface area contributed by atoms with Crippen molar-refractivity contribution in [2.24, 2.45) is 0 Å². The maximum absolute atomic E-state index is 5.93. The maximum atomic E-state index is 5.93. The van der Waals surface area contributed by atoms with Crippen molar-refractivity contribution < 1.29 is 0 Å². The highest BCUT2D eigenvalue weighted by molar-refractivity contribution is 7.99. The monoisotopic (exact) mass is 322 g/mol. The molecule has 0 aliphatic heterocycles. The standard InChI is InChI=1S/C9H7ClN10S/c10-6-13-7(19-4-11-3-12-19)15-8(14-6)21-9-16-17-18-20(9)5-1-2-5/h3-5H,1-2H2. The lowest BCUT2D eigenvalue weighted by molar-refractivity contribution is 0.564. The summed E-state index contributed by atoms with van der Waals surface area (Å²) in [6, 6.07) is 0.370. The Balaban J connectivity index is 1.67. The van der Waals surface area contributed by atoms with Crippen LogP contribution in [0.1, 0.15) is 18.9 Å². The van der Waals surface area contributed by atoms with E-state index in [2.05, 4.69) is 40.6 Å². The number of hydrogen-bond acceptors (Lipinski definition) is 9. The van der Waals surface area contributed by atoms with E-state index in [-0.39, 0.29) is 5.28 Å². The fourth-order valence-corrected chi connectivity index (χ4v) is 2.65. The van der Waals surface area contributed by atoms with Crippen molar-refractivity contribution in [3.63, 3.8) is 0 Å². The Bertz CT molecular complexity index is 767. The fourth-order valence-electron chi connectivity index (χ4n) is 1.66. The van der Waals surface area contributed by atoms with Gasteiger partial charge in [0.15, 0.2) is 0 Å². The Morgan fingerprint density at radius 1 is 1.24 bits per heavy atom. The SMILES string of the molecule is Clc1nc(Sc2nnnn2C2CC2)nc(-n2cncn2)n1. The largest absolute Gasteiger partial charge is 0.257 e. The lowest BCUT2D eigenvalue weighted by atomic mass is 10.7. The van der Waals surface area contributed by atoms with Gasteiger partial charge < -0.3 is 0 Å². The van der Waals surface area contributed by atoms with E-state index in [4.69, 9.17) is 11.6 Å². The predicted octanol–water partition coefficient (Wildman–Crippen LogP) is 0.578. The molecule has 1 aliphatic rings. The van der Waals surface area contributed by atoms with Crippen LogP contribution in [-0.4, -0.2) is 49.9 Å². The average Bonchev–Trinajstić information content (AvgIpc) is 2.99. The third-order valence-corrected chi connectivity index (χ3v) is 3.72. The molecule has 0 saturated heterocycles. The number of hydrogen-bond donors (Lipinski definition) is 0. The molecule has 0 atom stereocenters. The molecule has 12 heteroatoms. The molecule has 1 aliphatic carbocycles. The molecular formula is C9H7ClN10S. The topological polar surface area (TPSA) is 113 Å². The average molecular weight is 323 g/mol. The van der Waals surface area contributed by atoms with Crippen molar-refractivity contribution in [3.05, 3.63) is 17.9 Å². The smallest absolute Gasteiger partial charge is 0.223 e. The minimum absolute atomic E-state index is 0.0726. The molecule has 0 spiro atoms. The van der Waals surface area contributed by atoms with Crippen molar-refractivity contribution in [2.45, 2.75) is 29.2 Å². The third kappa shape index (κ3) is 2.56. The molecule has 1 saturated carbocycles. The number of halogens is 1. The van der Waals surface area contributed by atoms with Crippen LogP contribution in [0.5, 0.6) is 0 Å². The first-order valence-electron chi connectivity index (χ1n) is 6.02. The Morgan fingerprint density at radius 2 is 2.14 bits per heavy atom. The summed E-state index contributed by atoms with van der Waals surface area (Å²) in [4.78, 5) is 16.2. The molecule has 10 nitrogen and oxygen atoms in total. The molecule has 0 aromatic carbocycles. The van der Waals surface area contributed by atoms with E-state index < -0.39 is 0 Å². The summed E-state index contributed by atoms with van der Waals surface area (Å²) < 4.78 is 3.18. The van der Waals surface area contributed by atoms with Gasteiger partial charge in [-0.25, -0.2) is 9.67 Å². The molecule has 3 aromatic rings. The minimum Gasteiger partial charge on any atom is -0.223 e. The van der Waals surface area contributed by atoms with Gasteiger partial charge in [-0.15, -0.1) is 5.10 Å². The zero-order valence-corrected chi connectivity index (χ0v) is 12.0. The molecule has 0 amide bonds. The summed E-state index contributed by atoms with van der Waals surface area (Å²) >= 11 is 7.16. The van der Waals surface area contributed by atoms with E-state index >= 15 is 0 Å². The molecule has 3 aromatic heterocycles. The molecule has 0 unspecified atom stereocenters. The van der Waals surface area contributed by atoms with Gasteiger partial charge in [-0.3, -0.25) is 0 Å². The van der Waals surface area contributed by atoms with Gasteiger partial charge in [0.1, 0.15) is 12.7 Å². The Kier molecular flexibility index (Phi) is 3.00. The van der Waals surface area contributed by atoms with Crippen molar-refractivity contribution >= 4 is 23.4 Å². The normalized spacial score (nSPS) is 14.5. The number of nitrogens with zero attached hydrogens (tertiary/aromatic N) is 10. The van der Waals surface area contributed by atoms with Crippen LogP contribution >= 0.6 is 23.4 Å². The van der Waals surface area contributed by atoms with Crippen LogP contribution in [0.3, 0.4) is 0 Å². The molecule has 1 fully saturated rings. The van der Waals surface area contributed by atoms with Gasteiger partial charge in [-0.05, 0) is 46.6 Å².